The summed E-state index contributed by atoms with van der Waals surface area (Å²) in [6.07, 6.45) is 6.38. The van der Waals surface area contributed by atoms with Crippen molar-refractivity contribution in [2.24, 2.45) is 7.05 Å². The third-order valence-corrected chi connectivity index (χ3v) is 6.40. The van der Waals surface area contributed by atoms with Gasteiger partial charge in [0, 0.05) is 51.1 Å². The molecule has 4 aromatic rings. The number of pyridine rings is 2. The fraction of sp³-hybridized carbons (Fsp3) is 0.321. The molecule has 36 heavy (non-hydrogen) atoms. The molecule has 8 heteroatoms. The van der Waals surface area contributed by atoms with Gasteiger partial charge < -0.3 is 24.8 Å². The molecule has 0 saturated carbocycles. The number of hydrogen-bond acceptors (Lipinski definition) is 6. The molecule has 0 bridgehead atoms. The monoisotopic (exact) mass is 484 g/mol. The number of anilines is 2. The molecule has 1 saturated heterocycles. The van der Waals surface area contributed by atoms with E-state index in [-0.39, 0.29) is 5.91 Å². The number of benzene rings is 1. The summed E-state index contributed by atoms with van der Waals surface area (Å²) in [6, 6.07) is 14.0. The molecule has 2 N–H and O–H groups in total. The lowest BCUT2D eigenvalue weighted by Gasteiger charge is -2.15. The zero-order chi connectivity index (χ0) is 25.1. The van der Waals surface area contributed by atoms with Crippen molar-refractivity contribution < 1.29 is 9.53 Å². The van der Waals surface area contributed by atoms with E-state index in [1.54, 1.807) is 0 Å². The van der Waals surface area contributed by atoms with E-state index in [2.05, 4.69) is 37.6 Å². The Labute approximate surface area is 211 Å². The van der Waals surface area contributed by atoms with Crippen LogP contribution in [-0.4, -0.2) is 52.7 Å². The van der Waals surface area contributed by atoms with Gasteiger partial charge in [-0.2, -0.15) is 0 Å². The summed E-state index contributed by atoms with van der Waals surface area (Å²) in [5.74, 6) is 0.658. The number of ether oxygens (including phenoxy) is 1. The number of hydrogen-bond donors (Lipinski definition) is 2. The van der Waals surface area contributed by atoms with Crippen molar-refractivity contribution in [2.45, 2.75) is 25.9 Å². The second-order valence-electron chi connectivity index (χ2n) is 9.42. The maximum absolute atomic E-state index is 12.7. The highest BCUT2D eigenvalue weighted by molar-refractivity contribution is 6.07. The smallest absolute Gasteiger partial charge is 0.254 e. The Balaban J connectivity index is 0.000000477. The second-order valence-corrected chi connectivity index (χ2v) is 9.42. The van der Waals surface area contributed by atoms with Gasteiger partial charge in [0.15, 0.2) is 0 Å². The fourth-order valence-electron chi connectivity index (χ4n) is 4.71. The third kappa shape index (κ3) is 4.96. The molecule has 186 valence electrons. The molecule has 2 aliphatic heterocycles. The Hall–Kier alpha value is -3.75. The van der Waals surface area contributed by atoms with Gasteiger partial charge in [0.05, 0.1) is 16.9 Å². The Morgan fingerprint density at radius 3 is 2.67 bits per heavy atom. The number of aromatic nitrogens is 3. The van der Waals surface area contributed by atoms with Crippen LogP contribution in [0.2, 0.25) is 0 Å². The zero-order valence-corrected chi connectivity index (χ0v) is 21.0. The van der Waals surface area contributed by atoms with Crippen LogP contribution in [0.4, 0.5) is 11.5 Å². The molecule has 1 amide bonds. The lowest BCUT2D eigenvalue weighted by Crippen LogP contribution is -2.14. The fourth-order valence-corrected chi connectivity index (χ4v) is 4.71. The number of fused-ring (bicyclic) bond motifs is 2. The number of aryl methyl sites for hydroxylation is 1. The van der Waals surface area contributed by atoms with Gasteiger partial charge in [0.1, 0.15) is 11.5 Å². The Bertz CT molecular complexity index is 1380. The molecule has 0 spiro atoms. The van der Waals surface area contributed by atoms with Crippen LogP contribution in [0.25, 0.3) is 22.2 Å². The normalized spacial score (nSPS) is 14.5. The standard InChI is InChI=1S/C24H24N6O.C4H8O/c1-29(2)14-15-5-4-6-21(27-15)28-20-8-7-16(19-13-26-24(31)22(19)20)17-9-11-25-23-18(17)10-12-30(23)3;1-2-4-5-3-1/h4-12H,13-14H2,1-3H3,(H,26,31)(H,27,28);1-4H2. The largest absolute Gasteiger partial charge is 0.381 e. The first-order chi connectivity index (χ1) is 17.5. The van der Waals surface area contributed by atoms with E-state index in [1.165, 1.54) is 12.8 Å². The van der Waals surface area contributed by atoms with Crippen molar-refractivity contribution in [1.29, 1.82) is 0 Å². The second kappa shape index (κ2) is 10.5. The highest BCUT2D eigenvalue weighted by Crippen LogP contribution is 2.37. The summed E-state index contributed by atoms with van der Waals surface area (Å²) < 4.78 is 6.95. The van der Waals surface area contributed by atoms with E-state index in [1.807, 2.05) is 68.4 Å². The van der Waals surface area contributed by atoms with Gasteiger partial charge in [0.2, 0.25) is 0 Å². The Morgan fingerprint density at radius 2 is 1.92 bits per heavy atom. The molecule has 1 aromatic carbocycles. The van der Waals surface area contributed by atoms with Crippen LogP contribution in [0.3, 0.4) is 0 Å². The Kier molecular flexibility index (Phi) is 6.97. The predicted molar refractivity (Wildman–Crippen MR) is 142 cm³/mol. The highest BCUT2D eigenvalue weighted by atomic mass is 16.5. The Morgan fingerprint density at radius 1 is 1.08 bits per heavy atom. The average molecular weight is 485 g/mol. The lowest BCUT2D eigenvalue weighted by atomic mass is 9.94. The van der Waals surface area contributed by atoms with Crippen LogP contribution in [-0.2, 0) is 24.9 Å². The quantitative estimate of drug-likeness (QED) is 0.435. The third-order valence-electron chi connectivity index (χ3n) is 6.40. The minimum absolute atomic E-state index is 0.0674. The van der Waals surface area contributed by atoms with Gasteiger partial charge in [-0.3, -0.25) is 4.79 Å². The topological polar surface area (TPSA) is 84.3 Å². The molecule has 5 heterocycles. The van der Waals surface area contributed by atoms with Crippen molar-refractivity contribution in [2.75, 3.05) is 32.6 Å². The van der Waals surface area contributed by atoms with Crippen molar-refractivity contribution in [3.63, 3.8) is 0 Å². The van der Waals surface area contributed by atoms with Crippen LogP contribution < -0.4 is 10.6 Å². The minimum atomic E-state index is -0.0674. The number of nitrogens with zero attached hydrogens (tertiary/aromatic N) is 4. The van der Waals surface area contributed by atoms with Crippen LogP contribution in [0, 0.1) is 0 Å². The summed E-state index contributed by atoms with van der Waals surface area (Å²) in [7, 11) is 6.01. The van der Waals surface area contributed by atoms with Crippen LogP contribution in [0.15, 0.2) is 54.9 Å². The van der Waals surface area contributed by atoms with Gasteiger partial charge in [-0.1, -0.05) is 12.1 Å². The van der Waals surface area contributed by atoms with Gasteiger partial charge in [-0.15, -0.1) is 0 Å². The molecule has 6 rings (SSSR count). The highest BCUT2D eigenvalue weighted by Gasteiger charge is 2.27. The summed E-state index contributed by atoms with van der Waals surface area (Å²) in [5, 5.41) is 7.42. The average Bonchev–Trinajstić information content (AvgIpc) is 3.63. The molecule has 3 aromatic heterocycles. The minimum Gasteiger partial charge on any atom is -0.381 e. The van der Waals surface area contributed by atoms with E-state index in [0.29, 0.717) is 12.1 Å². The molecule has 0 unspecified atom stereocenters. The van der Waals surface area contributed by atoms with Gasteiger partial charge >= 0.3 is 0 Å². The van der Waals surface area contributed by atoms with E-state index in [4.69, 9.17) is 4.74 Å². The number of amides is 1. The first-order valence-corrected chi connectivity index (χ1v) is 12.3. The first-order valence-electron chi connectivity index (χ1n) is 12.3. The van der Waals surface area contributed by atoms with E-state index >= 15 is 0 Å². The van der Waals surface area contributed by atoms with E-state index in [9.17, 15) is 4.79 Å². The maximum Gasteiger partial charge on any atom is 0.254 e. The van der Waals surface area contributed by atoms with Crippen LogP contribution in [0.1, 0.15) is 34.5 Å². The zero-order valence-electron chi connectivity index (χ0n) is 21.0. The van der Waals surface area contributed by atoms with Crippen molar-refractivity contribution in [1.82, 2.24) is 24.8 Å². The van der Waals surface area contributed by atoms with Gasteiger partial charge in [0.25, 0.3) is 5.91 Å². The first kappa shape index (κ1) is 24.0. The molecule has 1 fully saturated rings. The maximum atomic E-state index is 12.7. The molecule has 0 aliphatic carbocycles. The van der Waals surface area contributed by atoms with Crippen molar-refractivity contribution in [3.8, 4) is 11.1 Å². The van der Waals surface area contributed by atoms with E-state index < -0.39 is 0 Å². The summed E-state index contributed by atoms with van der Waals surface area (Å²) in [4.78, 5) is 24.0. The van der Waals surface area contributed by atoms with Crippen LogP contribution in [0.5, 0.6) is 0 Å². The SMILES string of the molecule is C1CCOC1.CN(C)Cc1cccc(Nc2ccc(-c3ccnc4c3ccn4C)c3c2C(=O)NC3)n1. The summed E-state index contributed by atoms with van der Waals surface area (Å²) in [6.45, 7) is 3.26. The van der Waals surface area contributed by atoms with Gasteiger partial charge in [-0.25, -0.2) is 9.97 Å². The molecular weight excluding hydrogens is 452 g/mol. The number of carbonyl (C=O) groups excluding carboxylic acids is 1. The van der Waals surface area contributed by atoms with E-state index in [0.717, 1.165) is 64.7 Å². The number of rotatable bonds is 5. The molecule has 0 radical (unpaired) electrons. The predicted octanol–water partition coefficient (Wildman–Crippen LogP) is 4.48. The molecular formula is C28H32N6O2. The molecule has 2 aliphatic rings. The molecule has 0 atom stereocenters. The summed E-state index contributed by atoms with van der Waals surface area (Å²) in [5.41, 5.74) is 6.46. The van der Waals surface area contributed by atoms with Gasteiger partial charge in [-0.05, 0) is 74.0 Å². The lowest BCUT2D eigenvalue weighted by molar-refractivity contribution is 0.0966. The number of nitrogens with one attached hydrogen (secondary N) is 2. The van der Waals surface area contributed by atoms with Crippen molar-refractivity contribution in [3.05, 3.63) is 71.7 Å². The molecule has 8 nitrogen and oxygen atoms in total. The van der Waals surface area contributed by atoms with Crippen LogP contribution >= 0.6 is 0 Å². The number of carbonyl (C=O) groups is 1. The summed E-state index contributed by atoms with van der Waals surface area (Å²) >= 11 is 0. The van der Waals surface area contributed by atoms with Crippen molar-refractivity contribution >= 4 is 28.4 Å².